The number of aldehydes is 1. The Morgan fingerprint density at radius 2 is 2.00 bits per heavy atom. The molecule has 6 nitrogen and oxygen atoms in total. The lowest BCUT2D eigenvalue weighted by atomic mass is 9.44. The first kappa shape index (κ1) is 20.9. The molecule has 0 radical (unpaired) electrons. The number of rotatable bonds is 4. The van der Waals surface area contributed by atoms with E-state index in [4.69, 9.17) is 11.6 Å². The molecule has 0 aromatic carbocycles. The summed E-state index contributed by atoms with van der Waals surface area (Å²) in [6.45, 7) is 1.32. The first-order valence-electron chi connectivity index (χ1n) is 10.4. The van der Waals surface area contributed by atoms with Crippen molar-refractivity contribution in [3.05, 3.63) is 11.6 Å². The van der Waals surface area contributed by atoms with Crippen molar-refractivity contribution in [1.82, 2.24) is 0 Å². The highest BCUT2D eigenvalue weighted by molar-refractivity contribution is 6.64. The maximum Gasteiger partial charge on any atom is 0.226 e. The van der Waals surface area contributed by atoms with Gasteiger partial charge in [-0.2, -0.15) is 0 Å². The lowest BCUT2D eigenvalue weighted by Crippen LogP contribution is -2.60. The van der Waals surface area contributed by atoms with E-state index in [1.165, 1.54) is 0 Å². The molecule has 0 aliphatic heterocycles. The topological polar surface area (TPSA) is 109 Å². The number of hydrogen-bond acceptors (Lipinski definition) is 6. The van der Waals surface area contributed by atoms with Gasteiger partial charge in [0.05, 0.1) is 6.10 Å². The van der Waals surface area contributed by atoms with Gasteiger partial charge in [0.25, 0.3) is 0 Å². The number of carbonyl (C=O) groups is 4. The SMILES string of the molecule is C[C@@]12C(=CC(=O)CC1C(=O)Cl)CC[C@@H]1[C@@H]2[C@@H](O)C[C@]2(C=O)[C@@H](C(=O)CO)CC[C@@H]12. The molecule has 3 fully saturated rings. The Balaban J connectivity index is 1.79. The summed E-state index contributed by atoms with van der Waals surface area (Å²) >= 11 is 5.93. The number of aliphatic hydroxyl groups excluding tert-OH is 2. The molecule has 0 bridgehead atoms. The predicted octanol–water partition coefficient (Wildman–Crippen LogP) is 1.84. The number of halogens is 1. The van der Waals surface area contributed by atoms with Crippen molar-refractivity contribution >= 4 is 34.7 Å². The zero-order valence-electron chi connectivity index (χ0n) is 16.5. The van der Waals surface area contributed by atoms with Gasteiger partial charge in [0.15, 0.2) is 11.6 Å². The summed E-state index contributed by atoms with van der Waals surface area (Å²) < 4.78 is 0. The fourth-order valence-electron chi connectivity index (χ4n) is 7.56. The third-order valence-corrected chi connectivity index (χ3v) is 8.96. The first-order valence-corrected chi connectivity index (χ1v) is 10.8. The number of allylic oxidation sites excluding steroid dienone is 1. The van der Waals surface area contributed by atoms with E-state index in [1.807, 2.05) is 6.92 Å². The number of Topliss-reactive ketones (excluding diaryl/α,β-unsaturated/α-hetero) is 1. The second-order valence-corrected chi connectivity index (χ2v) is 9.94. The van der Waals surface area contributed by atoms with Crippen molar-refractivity contribution in [2.24, 2.45) is 40.4 Å². The molecular formula is C22H27ClO6. The number of ketones is 2. The Morgan fingerprint density at radius 3 is 2.62 bits per heavy atom. The molecule has 1 unspecified atom stereocenters. The summed E-state index contributed by atoms with van der Waals surface area (Å²) in [4.78, 5) is 49.2. The largest absolute Gasteiger partial charge is 0.393 e. The Morgan fingerprint density at radius 1 is 1.28 bits per heavy atom. The molecule has 0 heterocycles. The van der Waals surface area contributed by atoms with Crippen LogP contribution in [0, 0.1) is 40.4 Å². The van der Waals surface area contributed by atoms with Crippen LogP contribution in [-0.4, -0.2) is 46.0 Å². The van der Waals surface area contributed by atoms with Crippen molar-refractivity contribution in [3.63, 3.8) is 0 Å². The van der Waals surface area contributed by atoms with Crippen LogP contribution in [0.15, 0.2) is 11.6 Å². The van der Waals surface area contributed by atoms with Crippen LogP contribution in [0.4, 0.5) is 0 Å². The van der Waals surface area contributed by atoms with Crippen LogP contribution in [0.25, 0.3) is 0 Å². The van der Waals surface area contributed by atoms with E-state index in [9.17, 15) is 29.4 Å². The van der Waals surface area contributed by atoms with Crippen LogP contribution in [-0.2, 0) is 19.2 Å². The van der Waals surface area contributed by atoms with Crippen LogP contribution >= 0.6 is 11.6 Å². The number of hydrogen-bond donors (Lipinski definition) is 2. The predicted molar refractivity (Wildman–Crippen MR) is 104 cm³/mol. The van der Waals surface area contributed by atoms with Gasteiger partial charge in [-0.1, -0.05) is 12.5 Å². The minimum absolute atomic E-state index is 0.0351. The van der Waals surface area contributed by atoms with E-state index >= 15 is 0 Å². The molecule has 4 rings (SSSR count). The molecule has 0 amide bonds. The van der Waals surface area contributed by atoms with Gasteiger partial charge in [0.2, 0.25) is 5.24 Å². The zero-order valence-corrected chi connectivity index (χ0v) is 17.2. The lowest BCUT2D eigenvalue weighted by Gasteiger charge is -2.60. The third-order valence-electron chi connectivity index (χ3n) is 8.69. The second-order valence-electron chi connectivity index (χ2n) is 9.57. The Kier molecular flexibility index (Phi) is 5.11. The van der Waals surface area contributed by atoms with Crippen molar-refractivity contribution in [2.75, 3.05) is 6.61 Å². The average Bonchev–Trinajstić information content (AvgIpc) is 3.06. The van der Waals surface area contributed by atoms with Crippen molar-refractivity contribution in [3.8, 4) is 0 Å². The van der Waals surface area contributed by atoms with E-state index in [-0.39, 0.29) is 42.2 Å². The fourth-order valence-corrected chi connectivity index (χ4v) is 7.86. The van der Waals surface area contributed by atoms with Gasteiger partial charge in [0.1, 0.15) is 12.9 Å². The maximum atomic E-state index is 12.4. The Bertz CT molecular complexity index is 805. The normalized spacial score (nSPS) is 46.2. The number of fused-ring (bicyclic) bond motifs is 5. The smallest absolute Gasteiger partial charge is 0.226 e. The summed E-state index contributed by atoms with van der Waals surface area (Å²) in [7, 11) is 0. The summed E-state index contributed by atoms with van der Waals surface area (Å²) in [5.74, 6) is -2.16. The highest BCUT2D eigenvalue weighted by atomic mass is 35.5. The van der Waals surface area contributed by atoms with Gasteiger partial charge in [-0.05, 0) is 67.5 Å². The molecular weight excluding hydrogens is 396 g/mol. The van der Waals surface area contributed by atoms with Crippen LogP contribution < -0.4 is 0 Å². The first-order chi connectivity index (χ1) is 13.7. The quantitative estimate of drug-likeness (QED) is 0.528. The van der Waals surface area contributed by atoms with Crippen LogP contribution in [0.3, 0.4) is 0 Å². The van der Waals surface area contributed by atoms with Crippen molar-refractivity contribution < 1.29 is 29.4 Å². The summed E-state index contributed by atoms with van der Waals surface area (Å²) in [5, 5.41) is 20.1. The summed E-state index contributed by atoms with van der Waals surface area (Å²) in [5.41, 5.74) is -0.834. The van der Waals surface area contributed by atoms with Gasteiger partial charge in [-0.15, -0.1) is 0 Å². The number of aliphatic hydroxyl groups is 2. The molecule has 0 aromatic rings. The molecule has 0 saturated heterocycles. The van der Waals surface area contributed by atoms with E-state index in [1.54, 1.807) is 6.08 Å². The van der Waals surface area contributed by atoms with E-state index in [0.29, 0.717) is 25.7 Å². The molecule has 158 valence electrons. The van der Waals surface area contributed by atoms with Gasteiger partial charge >= 0.3 is 0 Å². The molecule has 8 atom stereocenters. The van der Waals surface area contributed by atoms with Gasteiger partial charge in [-0.3, -0.25) is 14.4 Å². The Labute approximate surface area is 174 Å². The third kappa shape index (κ3) is 2.75. The highest BCUT2D eigenvalue weighted by Crippen LogP contribution is 2.67. The van der Waals surface area contributed by atoms with Crippen LogP contribution in [0.2, 0.25) is 0 Å². The maximum absolute atomic E-state index is 12.4. The Hall–Kier alpha value is -1.37. The number of carbonyl (C=O) groups excluding carboxylic acids is 4. The van der Waals surface area contributed by atoms with Crippen LogP contribution in [0.1, 0.15) is 45.4 Å². The van der Waals surface area contributed by atoms with E-state index in [2.05, 4.69) is 0 Å². The van der Waals surface area contributed by atoms with E-state index < -0.39 is 40.6 Å². The second kappa shape index (κ2) is 7.10. The molecule has 29 heavy (non-hydrogen) atoms. The highest BCUT2D eigenvalue weighted by Gasteiger charge is 2.66. The summed E-state index contributed by atoms with van der Waals surface area (Å²) in [6, 6.07) is 0. The molecule has 2 N–H and O–H groups in total. The zero-order chi connectivity index (χ0) is 21.1. The van der Waals surface area contributed by atoms with E-state index in [0.717, 1.165) is 11.9 Å². The molecule has 0 spiro atoms. The molecule has 4 aliphatic carbocycles. The fraction of sp³-hybridized carbons (Fsp3) is 0.727. The minimum Gasteiger partial charge on any atom is -0.393 e. The van der Waals surface area contributed by atoms with Crippen molar-refractivity contribution in [2.45, 2.75) is 51.6 Å². The average molecular weight is 423 g/mol. The van der Waals surface area contributed by atoms with Gasteiger partial charge in [0, 0.05) is 29.1 Å². The molecule has 7 heteroatoms. The van der Waals surface area contributed by atoms with Crippen molar-refractivity contribution in [1.29, 1.82) is 0 Å². The molecule has 0 aromatic heterocycles. The summed E-state index contributed by atoms with van der Waals surface area (Å²) in [6.07, 6.45) is 4.24. The molecule has 3 saturated carbocycles. The standard InChI is InChI=1S/C22H27ClO6/c1-21-11(6-12(26)7-16(21)20(23)29)2-3-13-14-4-5-15(18(28)9-24)22(14,10-25)8-17(27)19(13)21/h6,10,13-17,19,24,27H,2-5,7-9H2,1H3/t13-,14-,15+,16?,17-,19+,21+,22+/m0/s1. The van der Waals surface area contributed by atoms with Crippen LogP contribution in [0.5, 0.6) is 0 Å². The lowest BCUT2D eigenvalue weighted by molar-refractivity contribution is -0.163. The molecule has 4 aliphatic rings. The monoisotopic (exact) mass is 422 g/mol. The minimum atomic E-state index is -0.969. The van der Waals surface area contributed by atoms with Gasteiger partial charge in [-0.25, -0.2) is 0 Å². The van der Waals surface area contributed by atoms with Gasteiger partial charge < -0.3 is 15.0 Å².